The molecule has 3 aromatic heterocycles. The van der Waals surface area contributed by atoms with E-state index in [1.165, 1.54) is 12.0 Å². The van der Waals surface area contributed by atoms with Gasteiger partial charge in [-0.3, -0.25) is 9.78 Å². The molecule has 1 fully saturated rings. The molecule has 0 unspecified atom stereocenters. The van der Waals surface area contributed by atoms with Gasteiger partial charge in [0, 0.05) is 68.6 Å². The fraction of sp³-hybridized carbons (Fsp3) is 0.286. The smallest absolute Gasteiger partial charge is 0.275 e. The predicted octanol–water partition coefficient (Wildman–Crippen LogP) is 5.41. The number of carbonyl (C=O) groups is 1. The molecule has 0 atom stereocenters. The van der Waals surface area contributed by atoms with Crippen LogP contribution in [0.4, 0.5) is 11.4 Å². The van der Waals surface area contributed by atoms with E-state index in [1.54, 1.807) is 32.6 Å². The molecule has 0 radical (unpaired) electrons. The largest absolute Gasteiger partial charge is 0.494 e. The summed E-state index contributed by atoms with van der Waals surface area (Å²) in [4.78, 5) is 26.4. The summed E-state index contributed by atoms with van der Waals surface area (Å²) in [5.41, 5.74) is 5.23. The topological polar surface area (TPSA) is 94.1 Å². The first kappa shape index (κ1) is 24.3. The molecular weight excluding hydrogens is 470 g/mol. The third-order valence-corrected chi connectivity index (χ3v) is 6.39. The number of nitrogens with one attached hydrogen (secondary N) is 1. The second-order valence-corrected chi connectivity index (χ2v) is 9.03. The fourth-order valence-corrected chi connectivity index (χ4v) is 4.39. The number of hydrogen-bond acceptors (Lipinski definition) is 7. The van der Waals surface area contributed by atoms with Crippen LogP contribution in [0, 0.1) is 6.57 Å². The van der Waals surface area contributed by atoms with Crippen LogP contribution in [-0.2, 0) is 4.74 Å². The zero-order chi connectivity index (χ0) is 25.9. The van der Waals surface area contributed by atoms with Gasteiger partial charge >= 0.3 is 0 Å². The highest BCUT2D eigenvalue weighted by atomic mass is 16.5. The number of nitrogens with zero attached hydrogens (tertiary/aromatic N) is 4. The lowest BCUT2D eigenvalue weighted by atomic mass is 10.0. The van der Waals surface area contributed by atoms with Crippen molar-refractivity contribution in [3.63, 3.8) is 0 Å². The molecule has 1 aromatic carbocycles. The molecule has 0 saturated carbocycles. The second-order valence-electron chi connectivity index (χ2n) is 9.03. The lowest BCUT2D eigenvalue weighted by Crippen LogP contribution is -2.27. The standard InChI is InChI=1S/C28H27N5O4/c1-29-22-13-17(5-6-21(22)32-19-8-11-36-12-9-19)20-7-10-30-23-15-24(37-27(20)23)18-14-25(35-4)26(31-16-18)28(34)33(2)3/h5-7,10,13-16,19,32H,8-9,11-12H2,2-4H3. The van der Waals surface area contributed by atoms with E-state index in [9.17, 15) is 4.79 Å². The van der Waals surface area contributed by atoms with Gasteiger partial charge in [-0.05, 0) is 42.7 Å². The first-order valence-electron chi connectivity index (χ1n) is 12.0. The summed E-state index contributed by atoms with van der Waals surface area (Å²) in [6.07, 6.45) is 5.15. The van der Waals surface area contributed by atoms with Crippen molar-refractivity contribution in [3.8, 4) is 28.2 Å². The van der Waals surface area contributed by atoms with Gasteiger partial charge in [0.25, 0.3) is 5.91 Å². The number of hydrogen-bond donors (Lipinski definition) is 1. The summed E-state index contributed by atoms with van der Waals surface area (Å²) < 4.78 is 17.1. The van der Waals surface area contributed by atoms with Gasteiger partial charge in [0.1, 0.15) is 11.3 Å². The van der Waals surface area contributed by atoms with Gasteiger partial charge in [0.05, 0.1) is 13.7 Å². The van der Waals surface area contributed by atoms with Crippen LogP contribution in [0.3, 0.4) is 0 Å². The third-order valence-electron chi connectivity index (χ3n) is 6.39. The summed E-state index contributed by atoms with van der Waals surface area (Å²) in [5.74, 6) is 0.661. The highest BCUT2D eigenvalue weighted by molar-refractivity contribution is 5.96. The molecule has 1 amide bonds. The number of rotatable bonds is 6. The van der Waals surface area contributed by atoms with Crippen molar-refractivity contribution in [2.45, 2.75) is 18.9 Å². The summed E-state index contributed by atoms with van der Waals surface area (Å²) in [6.45, 7) is 9.19. The Kier molecular flexibility index (Phi) is 6.75. The minimum absolute atomic E-state index is 0.229. The van der Waals surface area contributed by atoms with Crippen molar-refractivity contribution >= 4 is 28.4 Å². The second kappa shape index (κ2) is 10.3. The molecule has 5 rings (SSSR count). The SMILES string of the molecule is [C-]#[N+]c1cc(-c2ccnc3cc(-c4cnc(C(=O)N(C)C)c(OC)c4)oc23)ccc1NC1CCOCC1. The number of ether oxygens (including phenoxy) is 2. The maximum absolute atomic E-state index is 12.4. The number of aromatic nitrogens is 2. The van der Waals surface area contributed by atoms with E-state index in [2.05, 4.69) is 20.1 Å². The maximum atomic E-state index is 12.4. The zero-order valence-electron chi connectivity index (χ0n) is 20.9. The van der Waals surface area contributed by atoms with Gasteiger partial charge in [0.15, 0.2) is 17.0 Å². The summed E-state index contributed by atoms with van der Waals surface area (Å²) >= 11 is 0. The van der Waals surface area contributed by atoms with Crippen molar-refractivity contribution < 1.29 is 18.7 Å². The molecule has 9 heteroatoms. The Labute approximate surface area is 214 Å². The van der Waals surface area contributed by atoms with Crippen molar-refractivity contribution in [2.75, 3.05) is 39.7 Å². The van der Waals surface area contributed by atoms with Crippen LogP contribution in [0.25, 0.3) is 38.4 Å². The van der Waals surface area contributed by atoms with Crippen LogP contribution in [-0.4, -0.2) is 61.2 Å². The number of methoxy groups -OCH3 is 1. The minimum atomic E-state index is -0.248. The first-order chi connectivity index (χ1) is 18.0. The molecule has 1 N–H and O–H groups in total. The molecule has 188 valence electrons. The molecule has 4 heterocycles. The predicted molar refractivity (Wildman–Crippen MR) is 141 cm³/mol. The monoisotopic (exact) mass is 497 g/mol. The summed E-state index contributed by atoms with van der Waals surface area (Å²) in [7, 11) is 4.83. The lowest BCUT2D eigenvalue weighted by Gasteiger charge is -2.25. The van der Waals surface area contributed by atoms with Crippen LogP contribution in [0.5, 0.6) is 5.75 Å². The molecule has 1 aliphatic heterocycles. The normalized spacial score (nSPS) is 13.8. The van der Waals surface area contributed by atoms with Crippen LogP contribution in [0.2, 0.25) is 0 Å². The van der Waals surface area contributed by atoms with Crippen molar-refractivity contribution in [1.29, 1.82) is 0 Å². The average Bonchev–Trinajstić information content (AvgIpc) is 3.38. The van der Waals surface area contributed by atoms with Gasteiger partial charge < -0.3 is 24.1 Å². The molecule has 37 heavy (non-hydrogen) atoms. The number of furan rings is 1. The Hall–Kier alpha value is -4.42. The fourth-order valence-electron chi connectivity index (χ4n) is 4.39. The number of amides is 1. The van der Waals surface area contributed by atoms with Gasteiger partial charge in [-0.1, -0.05) is 6.07 Å². The number of carbonyl (C=O) groups excluding carboxylic acids is 1. The Morgan fingerprint density at radius 1 is 1.14 bits per heavy atom. The Balaban J connectivity index is 1.50. The highest BCUT2D eigenvalue weighted by Crippen LogP contribution is 2.38. The zero-order valence-corrected chi connectivity index (χ0v) is 20.9. The maximum Gasteiger partial charge on any atom is 0.275 e. The molecule has 0 aliphatic carbocycles. The quantitative estimate of drug-likeness (QED) is 0.356. The molecule has 1 saturated heterocycles. The molecular formula is C28H27N5O4. The lowest BCUT2D eigenvalue weighted by molar-refractivity contribution is 0.0818. The van der Waals surface area contributed by atoms with Crippen LogP contribution >= 0.6 is 0 Å². The Morgan fingerprint density at radius 2 is 1.95 bits per heavy atom. The van der Waals surface area contributed by atoms with Crippen molar-refractivity contribution in [1.82, 2.24) is 14.9 Å². The van der Waals surface area contributed by atoms with Crippen LogP contribution < -0.4 is 10.1 Å². The van der Waals surface area contributed by atoms with Crippen LogP contribution in [0.15, 0.2) is 53.2 Å². The molecule has 0 spiro atoms. The number of pyridine rings is 2. The highest BCUT2D eigenvalue weighted by Gasteiger charge is 2.20. The summed E-state index contributed by atoms with van der Waals surface area (Å²) in [6, 6.07) is 11.5. The Morgan fingerprint density at radius 3 is 2.68 bits per heavy atom. The van der Waals surface area contributed by atoms with Crippen LogP contribution in [0.1, 0.15) is 23.3 Å². The third kappa shape index (κ3) is 4.84. The number of fused-ring (bicyclic) bond motifs is 1. The minimum Gasteiger partial charge on any atom is -0.494 e. The molecule has 0 bridgehead atoms. The van der Waals surface area contributed by atoms with E-state index >= 15 is 0 Å². The van der Waals surface area contributed by atoms with E-state index in [-0.39, 0.29) is 11.6 Å². The first-order valence-corrected chi connectivity index (χ1v) is 12.0. The number of benzene rings is 1. The van der Waals surface area contributed by atoms with E-state index in [0.29, 0.717) is 39.9 Å². The molecule has 4 aromatic rings. The van der Waals surface area contributed by atoms with Crippen molar-refractivity contribution in [2.24, 2.45) is 0 Å². The van der Waals surface area contributed by atoms with Gasteiger partial charge in [-0.25, -0.2) is 9.83 Å². The van der Waals surface area contributed by atoms with Crippen molar-refractivity contribution in [3.05, 3.63) is 65.9 Å². The Bertz CT molecular complexity index is 1500. The van der Waals surface area contributed by atoms with E-state index in [1.807, 2.05) is 30.3 Å². The number of anilines is 1. The van der Waals surface area contributed by atoms with Gasteiger partial charge in [0.2, 0.25) is 5.69 Å². The van der Waals surface area contributed by atoms with Gasteiger partial charge in [-0.2, -0.15) is 0 Å². The van der Waals surface area contributed by atoms with E-state index in [0.717, 1.165) is 42.9 Å². The van der Waals surface area contributed by atoms with Gasteiger partial charge in [-0.15, -0.1) is 0 Å². The summed E-state index contributed by atoms with van der Waals surface area (Å²) in [5, 5.41) is 3.50. The molecule has 1 aliphatic rings. The van der Waals surface area contributed by atoms with E-state index < -0.39 is 0 Å². The van der Waals surface area contributed by atoms with E-state index in [4.69, 9.17) is 20.5 Å². The average molecular weight is 498 g/mol. The molecule has 9 nitrogen and oxygen atoms in total.